The van der Waals surface area contributed by atoms with Gasteiger partial charge in [0, 0.05) is 0 Å². The van der Waals surface area contributed by atoms with Crippen LogP contribution in [0.15, 0.2) is 18.3 Å². The molecule has 1 N–H and O–H groups in total. The molecular weight excluding hydrogens is 208 g/mol. The standard InChI is InChI=1S/C11H12N2O3/c1-3-16-11(14)7-4-9-8(6-12-13-9)10(5-7)15-2/h4-6H,3H2,1-2H3,(H,12,13). The molecule has 0 spiro atoms. The lowest BCUT2D eigenvalue weighted by Gasteiger charge is -2.05. The number of benzene rings is 1. The zero-order chi connectivity index (χ0) is 11.5. The van der Waals surface area contributed by atoms with E-state index in [-0.39, 0.29) is 5.97 Å². The highest BCUT2D eigenvalue weighted by molar-refractivity contribution is 5.96. The zero-order valence-electron chi connectivity index (χ0n) is 9.11. The van der Waals surface area contributed by atoms with E-state index in [2.05, 4.69) is 10.2 Å². The molecule has 5 nitrogen and oxygen atoms in total. The van der Waals surface area contributed by atoms with Crippen LogP contribution in [0, 0.1) is 0 Å². The molecule has 0 unspecified atom stereocenters. The molecule has 0 saturated carbocycles. The van der Waals surface area contributed by atoms with Crippen LogP contribution in [0.25, 0.3) is 10.9 Å². The molecule has 0 aliphatic heterocycles. The number of methoxy groups -OCH3 is 1. The van der Waals surface area contributed by atoms with Gasteiger partial charge in [-0.15, -0.1) is 0 Å². The van der Waals surface area contributed by atoms with Crippen molar-refractivity contribution in [3.8, 4) is 5.75 Å². The summed E-state index contributed by atoms with van der Waals surface area (Å²) in [5.74, 6) is 0.242. The topological polar surface area (TPSA) is 64.2 Å². The number of aromatic amines is 1. The van der Waals surface area contributed by atoms with Gasteiger partial charge in [-0.1, -0.05) is 0 Å². The first-order valence-electron chi connectivity index (χ1n) is 4.94. The van der Waals surface area contributed by atoms with Crippen LogP contribution in [-0.2, 0) is 4.74 Å². The predicted octanol–water partition coefficient (Wildman–Crippen LogP) is 1.75. The Kier molecular flexibility index (Phi) is 2.76. The number of hydrogen-bond acceptors (Lipinski definition) is 4. The summed E-state index contributed by atoms with van der Waals surface area (Å²) < 4.78 is 10.1. The van der Waals surface area contributed by atoms with E-state index < -0.39 is 0 Å². The molecule has 0 atom stereocenters. The number of aromatic nitrogens is 2. The van der Waals surface area contributed by atoms with Gasteiger partial charge in [0.1, 0.15) is 5.75 Å². The molecule has 84 valence electrons. The predicted molar refractivity (Wildman–Crippen MR) is 58.6 cm³/mol. The lowest BCUT2D eigenvalue weighted by molar-refractivity contribution is 0.0526. The number of rotatable bonds is 3. The molecule has 0 aliphatic carbocycles. The number of carbonyl (C=O) groups excluding carboxylic acids is 1. The van der Waals surface area contributed by atoms with Crippen molar-refractivity contribution in [1.82, 2.24) is 10.2 Å². The third kappa shape index (κ3) is 1.71. The van der Waals surface area contributed by atoms with E-state index in [1.54, 1.807) is 32.4 Å². The van der Waals surface area contributed by atoms with Crippen molar-refractivity contribution < 1.29 is 14.3 Å². The molecule has 0 radical (unpaired) electrons. The number of fused-ring (bicyclic) bond motifs is 1. The van der Waals surface area contributed by atoms with E-state index in [9.17, 15) is 4.79 Å². The summed E-state index contributed by atoms with van der Waals surface area (Å²) in [5.41, 5.74) is 1.21. The van der Waals surface area contributed by atoms with E-state index in [0.29, 0.717) is 17.9 Å². The van der Waals surface area contributed by atoms with Crippen LogP contribution in [0.2, 0.25) is 0 Å². The summed E-state index contributed by atoms with van der Waals surface area (Å²) in [5, 5.41) is 7.54. The minimum Gasteiger partial charge on any atom is -0.496 e. The molecular formula is C11H12N2O3. The number of esters is 1. The Bertz CT molecular complexity index is 519. The normalized spacial score (nSPS) is 10.4. The Balaban J connectivity index is 2.51. The number of carbonyl (C=O) groups is 1. The molecule has 0 saturated heterocycles. The van der Waals surface area contributed by atoms with E-state index in [4.69, 9.17) is 9.47 Å². The van der Waals surface area contributed by atoms with E-state index in [1.807, 2.05) is 0 Å². The van der Waals surface area contributed by atoms with Crippen molar-refractivity contribution in [3.63, 3.8) is 0 Å². The Morgan fingerprint density at radius 1 is 1.50 bits per heavy atom. The smallest absolute Gasteiger partial charge is 0.338 e. The van der Waals surface area contributed by atoms with Gasteiger partial charge in [-0.2, -0.15) is 5.10 Å². The molecule has 0 fully saturated rings. The minimum absolute atomic E-state index is 0.349. The first-order chi connectivity index (χ1) is 7.76. The summed E-state index contributed by atoms with van der Waals surface area (Å²) in [4.78, 5) is 11.6. The highest BCUT2D eigenvalue weighted by Gasteiger charge is 2.12. The number of hydrogen-bond donors (Lipinski definition) is 1. The molecule has 0 bridgehead atoms. The highest BCUT2D eigenvalue weighted by Crippen LogP contribution is 2.26. The molecule has 2 rings (SSSR count). The largest absolute Gasteiger partial charge is 0.496 e. The number of ether oxygens (including phenoxy) is 2. The fraction of sp³-hybridized carbons (Fsp3) is 0.273. The van der Waals surface area contributed by atoms with Crippen LogP contribution in [0.1, 0.15) is 17.3 Å². The van der Waals surface area contributed by atoms with Crippen LogP contribution in [0.3, 0.4) is 0 Å². The molecule has 5 heteroatoms. The SMILES string of the molecule is CCOC(=O)c1cc(OC)c2cn[nH]c2c1. The van der Waals surface area contributed by atoms with Crippen LogP contribution in [-0.4, -0.2) is 29.9 Å². The van der Waals surface area contributed by atoms with Crippen LogP contribution in [0.5, 0.6) is 5.75 Å². The third-order valence-corrected chi connectivity index (χ3v) is 2.25. The van der Waals surface area contributed by atoms with Gasteiger partial charge < -0.3 is 9.47 Å². The summed E-state index contributed by atoms with van der Waals surface area (Å²) in [6, 6.07) is 3.35. The molecule has 1 heterocycles. The second-order valence-corrected chi connectivity index (χ2v) is 3.23. The lowest BCUT2D eigenvalue weighted by atomic mass is 10.1. The number of nitrogens with one attached hydrogen (secondary N) is 1. The maximum Gasteiger partial charge on any atom is 0.338 e. The summed E-state index contributed by atoms with van der Waals surface area (Å²) in [6.07, 6.45) is 1.66. The third-order valence-electron chi connectivity index (χ3n) is 2.25. The maximum absolute atomic E-state index is 11.6. The van der Waals surface area contributed by atoms with Crippen molar-refractivity contribution in [1.29, 1.82) is 0 Å². The van der Waals surface area contributed by atoms with Crippen molar-refractivity contribution in [2.24, 2.45) is 0 Å². The average Bonchev–Trinajstić information content (AvgIpc) is 2.75. The van der Waals surface area contributed by atoms with Crippen molar-refractivity contribution in [2.75, 3.05) is 13.7 Å². The molecule has 1 aromatic carbocycles. The van der Waals surface area contributed by atoms with Gasteiger partial charge in [0.05, 0.1) is 36.4 Å². The monoisotopic (exact) mass is 220 g/mol. The second-order valence-electron chi connectivity index (χ2n) is 3.23. The quantitative estimate of drug-likeness (QED) is 0.800. The molecule has 0 aliphatic rings. The van der Waals surface area contributed by atoms with E-state index in [1.165, 1.54) is 0 Å². The van der Waals surface area contributed by atoms with Crippen molar-refractivity contribution >= 4 is 16.9 Å². The Morgan fingerprint density at radius 3 is 3.00 bits per heavy atom. The van der Waals surface area contributed by atoms with Crippen molar-refractivity contribution in [3.05, 3.63) is 23.9 Å². The van der Waals surface area contributed by atoms with Gasteiger partial charge in [-0.25, -0.2) is 4.79 Å². The van der Waals surface area contributed by atoms with Crippen LogP contribution < -0.4 is 4.74 Å². The van der Waals surface area contributed by atoms with Crippen LogP contribution in [0.4, 0.5) is 0 Å². The van der Waals surface area contributed by atoms with Gasteiger partial charge in [-0.3, -0.25) is 5.10 Å². The van der Waals surface area contributed by atoms with Gasteiger partial charge in [0.25, 0.3) is 0 Å². The minimum atomic E-state index is -0.364. The van der Waals surface area contributed by atoms with E-state index >= 15 is 0 Å². The van der Waals surface area contributed by atoms with Gasteiger partial charge in [0.15, 0.2) is 0 Å². The highest BCUT2D eigenvalue weighted by atomic mass is 16.5. The zero-order valence-corrected chi connectivity index (χ0v) is 9.11. The van der Waals surface area contributed by atoms with Crippen LogP contribution >= 0.6 is 0 Å². The fourth-order valence-electron chi connectivity index (χ4n) is 1.52. The summed E-state index contributed by atoms with van der Waals surface area (Å²) in [7, 11) is 1.55. The Morgan fingerprint density at radius 2 is 2.31 bits per heavy atom. The molecule has 0 amide bonds. The first-order valence-corrected chi connectivity index (χ1v) is 4.94. The summed E-state index contributed by atoms with van der Waals surface area (Å²) >= 11 is 0. The first kappa shape index (κ1) is 10.5. The Labute approximate surface area is 92.4 Å². The Hall–Kier alpha value is -2.04. The van der Waals surface area contributed by atoms with Gasteiger partial charge in [0.2, 0.25) is 0 Å². The lowest BCUT2D eigenvalue weighted by Crippen LogP contribution is -2.04. The second kappa shape index (κ2) is 4.22. The van der Waals surface area contributed by atoms with Crippen molar-refractivity contribution in [2.45, 2.75) is 6.92 Å². The molecule has 1 aromatic heterocycles. The molecule has 2 aromatic rings. The fourth-order valence-corrected chi connectivity index (χ4v) is 1.52. The number of nitrogens with zero attached hydrogens (tertiary/aromatic N) is 1. The maximum atomic E-state index is 11.6. The number of H-pyrrole nitrogens is 1. The van der Waals surface area contributed by atoms with E-state index in [0.717, 1.165) is 10.9 Å². The average molecular weight is 220 g/mol. The molecule has 16 heavy (non-hydrogen) atoms. The van der Waals surface area contributed by atoms with Gasteiger partial charge in [-0.05, 0) is 19.1 Å². The summed E-state index contributed by atoms with van der Waals surface area (Å²) in [6.45, 7) is 2.12. The van der Waals surface area contributed by atoms with Gasteiger partial charge >= 0.3 is 5.97 Å².